The maximum Gasteiger partial charge on any atom is 0.407 e. The molecule has 0 radical (unpaired) electrons. The highest BCUT2D eigenvalue weighted by atomic mass is 32.1. The van der Waals surface area contributed by atoms with Crippen molar-refractivity contribution in [1.29, 1.82) is 0 Å². The van der Waals surface area contributed by atoms with Crippen molar-refractivity contribution >= 4 is 46.2 Å². The lowest BCUT2D eigenvalue weighted by Crippen LogP contribution is -2.51. The van der Waals surface area contributed by atoms with Gasteiger partial charge in [-0.2, -0.15) is 0 Å². The summed E-state index contributed by atoms with van der Waals surface area (Å²) in [7, 11) is 2.51. The quantitative estimate of drug-likeness (QED) is 0.0842. The predicted molar refractivity (Wildman–Crippen MR) is 239 cm³/mol. The van der Waals surface area contributed by atoms with Gasteiger partial charge >= 0.3 is 12.2 Å². The van der Waals surface area contributed by atoms with Crippen LogP contribution in [0.2, 0.25) is 0 Å². The van der Waals surface area contributed by atoms with Crippen molar-refractivity contribution in [2.24, 2.45) is 5.92 Å². The van der Waals surface area contributed by atoms with E-state index in [9.17, 15) is 19.2 Å². The van der Waals surface area contributed by atoms with Crippen LogP contribution in [0, 0.1) is 11.7 Å². The van der Waals surface area contributed by atoms with Crippen LogP contribution in [0.25, 0.3) is 44.7 Å². The minimum Gasteiger partial charge on any atom is -0.464 e. The van der Waals surface area contributed by atoms with Crippen LogP contribution in [0.1, 0.15) is 92.6 Å². The maximum absolute atomic E-state index is 16.8. The Morgan fingerprint density at radius 2 is 1.75 bits per heavy atom. The Morgan fingerprint density at radius 1 is 0.969 bits per heavy atom. The summed E-state index contributed by atoms with van der Waals surface area (Å²) in [5.41, 5.74) is 4.51. The minimum absolute atomic E-state index is 0.167. The van der Waals surface area contributed by atoms with E-state index in [0.29, 0.717) is 71.8 Å². The van der Waals surface area contributed by atoms with Crippen LogP contribution in [-0.4, -0.2) is 103 Å². The molecule has 3 atom stereocenters. The number of fused-ring (bicyclic) bond motifs is 5. The van der Waals surface area contributed by atoms with E-state index in [0.717, 1.165) is 51.3 Å². The summed E-state index contributed by atoms with van der Waals surface area (Å²) in [5, 5.41) is 7.05. The molecule has 2 fully saturated rings. The van der Waals surface area contributed by atoms with Crippen LogP contribution in [0.5, 0.6) is 5.75 Å². The fourth-order valence-corrected chi connectivity index (χ4v) is 9.86. The highest BCUT2D eigenvalue weighted by Gasteiger charge is 2.36. The molecule has 0 spiro atoms. The lowest BCUT2D eigenvalue weighted by molar-refractivity contribution is -0.135. The highest BCUT2D eigenvalue weighted by molar-refractivity contribution is 7.11. The molecule has 4 aromatic heterocycles. The van der Waals surface area contributed by atoms with Gasteiger partial charge in [-0.05, 0) is 68.4 Å². The van der Waals surface area contributed by atoms with E-state index >= 15 is 4.39 Å². The third-order valence-corrected chi connectivity index (χ3v) is 13.4. The first-order valence-corrected chi connectivity index (χ1v) is 22.7. The van der Waals surface area contributed by atoms with Crippen LogP contribution >= 0.6 is 11.3 Å². The van der Waals surface area contributed by atoms with Crippen molar-refractivity contribution in [3.05, 3.63) is 82.3 Å². The van der Waals surface area contributed by atoms with Gasteiger partial charge in [0, 0.05) is 41.7 Å². The Balaban J connectivity index is 1.02. The number of hydrogen-bond donors (Lipinski definition) is 4. The summed E-state index contributed by atoms with van der Waals surface area (Å²) < 4.78 is 35.0. The van der Waals surface area contributed by atoms with Gasteiger partial charge in [-0.1, -0.05) is 26.8 Å². The van der Waals surface area contributed by atoms with Crippen LogP contribution in [0.4, 0.5) is 14.0 Å². The number of halogens is 1. The Labute approximate surface area is 378 Å². The fourth-order valence-electron chi connectivity index (χ4n) is 8.75. The van der Waals surface area contributed by atoms with E-state index in [2.05, 4.69) is 35.3 Å². The van der Waals surface area contributed by atoms with Crippen LogP contribution < -0.4 is 15.4 Å². The molecule has 340 valence electrons. The molecular weight excluding hydrogens is 856 g/mol. The van der Waals surface area contributed by atoms with Crippen molar-refractivity contribution in [3.63, 3.8) is 0 Å². The molecule has 17 nitrogen and oxygen atoms in total. The topological polar surface area (TPSA) is 202 Å². The Morgan fingerprint density at radius 3 is 2.51 bits per heavy atom. The van der Waals surface area contributed by atoms with Gasteiger partial charge < -0.3 is 44.6 Å². The fraction of sp³-hybridized carbons (Fsp3) is 0.413. The number of likely N-dealkylation sites (tertiary alicyclic amines) is 1. The standard InChI is InChI=1S/C46H51FN10O7S/c1-6-13-55(43(59)40(24(2)3)54-46(61)63-5)23-37-48-19-30(52-37)26-11-12-32-28(15-26)17-34-39-29(47)16-27(18-35(39)64-44(57(32)34)36-21-50-42(65-36)25-9-10-25)31-20-49-41(53-31)33-8-7-14-56(33)38(58)22-51-45(60)62-4/h11-12,15-21,24-25,33,40,44H,6-10,13-14,22-23H2,1-5H3,(H,48,52)(H,49,53)(H,51,60)(H,54,61). The van der Waals surface area contributed by atoms with E-state index in [4.69, 9.17) is 14.5 Å². The summed E-state index contributed by atoms with van der Waals surface area (Å²) in [6.45, 7) is 6.73. The predicted octanol–water partition coefficient (Wildman–Crippen LogP) is 7.64. The number of carbonyl (C=O) groups is 4. The zero-order valence-electron chi connectivity index (χ0n) is 36.8. The number of hydrogen-bond acceptors (Lipinski definition) is 11. The molecule has 2 aliphatic heterocycles. The first-order chi connectivity index (χ1) is 31.4. The number of thiazole rings is 1. The van der Waals surface area contributed by atoms with Gasteiger partial charge in [-0.15, -0.1) is 11.3 Å². The van der Waals surface area contributed by atoms with Crippen molar-refractivity contribution in [2.45, 2.75) is 83.6 Å². The smallest absolute Gasteiger partial charge is 0.407 e. The number of alkyl carbamates (subject to hydrolysis) is 2. The van der Waals surface area contributed by atoms with Gasteiger partial charge in [-0.25, -0.2) is 28.9 Å². The molecule has 1 aliphatic carbocycles. The van der Waals surface area contributed by atoms with Crippen LogP contribution in [0.15, 0.2) is 55.0 Å². The van der Waals surface area contributed by atoms with Gasteiger partial charge in [0.15, 0.2) is 0 Å². The molecule has 6 aromatic rings. The number of aromatic nitrogens is 6. The number of amides is 4. The average Bonchev–Trinajstić information content (AvgIpc) is 3.89. The zero-order valence-corrected chi connectivity index (χ0v) is 37.6. The molecule has 2 aromatic carbocycles. The van der Waals surface area contributed by atoms with Gasteiger partial charge in [0.25, 0.3) is 0 Å². The molecule has 6 heterocycles. The largest absolute Gasteiger partial charge is 0.464 e. The number of methoxy groups -OCH3 is 2. The molecule has 65 heavy (non-hydrogen) atoms. The van der Waals surface area contributed by atoms with Gasteiger partial charge in [0.2, 0.25) is 18.0 Å². The van der Waals surface area contributed by atoms with Crippen molar-refractivity contribution in [2.75, 3.05) is 33.9 Å². The average molecular weight is 907 g/mol. The molecule has 19 heteroatoms. The molecule has 3 unspecified atom stereocenters. The number of nitrogens with one attached hydrogen (secondary N) is 4. The summed E-state index contributed by atoms with van der Waals surface area (Å²) >= 11 is 1.61. The lowest BCUT2D eigenvalue weighted by atomic mass is 10.0. The van der Waals surface area contributed by atoms with Crippen LogP contribution in [0.3, 0.4) is 0 Å². The zero-order chi connectivity index (χ0) is 45.5. The van der Waals surface area contributed by atoms with Crippen molar-refractivity contribution in [1.82, 2.24) is 49.9 Å². The number of imidazole rings is 2. The Kier molecular flexibility index (Phi) is 12.1. The van der Waals surface area contributed by atoms with Gasteiger partial charge in [0.05, 0.1) is 77.2 Å². The molecule has 1 saturated heterocycles. The first-order valence-electron chi connectivity index (χ1n) is 21.9. The number of rotatable bonds is 14. The molecule has 9 rings (SSSR count). The monoisotopic (exact) mass is 906 g/mol. The lowest BCUT2D eigenvalue weighted by Gasteiger charge is -2.29. The van der Waals surface area contributed by atoms with Crippen LogP contribution in [-0.2, 0) is 25.6 Å². The first kappa shape index (κ1) is 43.5. The van der Waals surface area contributed by atoms with Gasteiger partial charge in [0.1, 0.15) is 35.8 Å². The van der Waals surface area contributed by atoms with E-state index in [1.54, 1.807) is 33.5 Å². The highest BCUT2D eigenvalue weighted by Crippen LogP contribution is 2.49. The number of H-pyrrole nitrogens is 2. The molecule has 4 N–H and O–H groups in total. The van der Waals surface area contributed by atoms with E-state index < -0.39 is 30.3 Å². The third-order valence-electron chi connectivity index (χ3n) is 12.2. The second-order valence-corrected chi connectivity index (χ2v) is 18.1. The second kappa shape index (κ2) is 18.0. The summed E-state index contributed by atoms with van der Waals surface area (Å²) in [6, 6.07) is 10.2. The number of ether oxygens (including phenoxy) is 3. The summed E-state index contributed by atoms with van der Waals surface area (Å²) in [6.07, 6.45) is 7.63. The number of nitrogens with zero attached hydrogens (tertiary/aromatic N) is 6. The minimum atomic E-state index is -0.763. The van der Waals surface area contributed by atoms with E-state index in [-0.39, 0.29) is 36.9 Å². The third kappa shape index (κ3) is 8.63. The van der Waals surface area contributed by atoms with Crippen molar-refractivity contribution in [3.8, 4) is 39.5 Å². The number of aromatic amines is 2. The molecular formula is C46H51FN10O7S. The normalized spacial score (nSPS) is 17.1. The molecule has 1 saturated carbocycles. The van der Waals surface area contributed by atoms with Crippen molar-refractivity contribution < 1.29 is 37.8 Å². The Hall–Kier alpha value is -6.76. The van der Waals surface area contributed by atoms with E-state index in [1.165, 1.54) is 20.3 Å². The Bertz CT molecular complexity index is 2770. The summed E-state index contributed by atoms with van der Waals surface area (Å²) in [4.78, 5) is 75.4. The number of carbonyl (C=O) groups excluding carboxylic acids is 4. The number of benzene rings is 2. The van der Waals surface area contributed by atoms with Gasteiger partial charge in [-0.3, -0.25) is 14.2 Å². The second-order valence-electron chi connectivity index (χ2n) is 17.0. The molecule has 3 aliphatic rings. The molecule has 4 amide bonds. The summed E-state index contributed by atoms with van der Waals surface area (Å²) in [5.74, 6) is 0.849. The van der Waals surface area contributed by atoms with E-state index in [1.807, 2.05) is 61.9 Å². The maximum atomic E-state index is 16.8. The molecule has 0 bridgehead atoms. The SMILES string of the molecule is CCCN(Cc1ncc(-c2ccc3c(c2)cc2n3C(c3cnc(C4CC4)s3)Oc3cc(-c4cnc(C5CCCN5C(=O)CNC(=O)OC)[nH]4)cc(F)c3-2)[nH]1)C(=O)C(NC(=O)OC)C(C)C.